The Bertz CT molecular complexity index is 636. The van der Waals surface area contributed by atoms with Crippen molar-refractivity contribution < 1.29 is 19.7 Å². The van der Waals surface area contributed by atoms with E-state index in [2.05, 4.69) is 4.90 Å². The van der Waals surface area contributed by atoms with E-state index in [0.717, 1.165) is 31.2 Å². The smallest absolute Gasteiger partial charge is 0.231 e. The fourth-order valence-corrected chi connectivity index (χ4v) is 4.55. The SMILES string of the molecule is CCOc1cc(C2C3CCCCC3(O)CCN2CC(N)=O)ccc1O. The molecule has 1 saturated heterocycles. The summed E-state index contributed by atoms with van der Waals surface area (Å²) in [7, 11) is 0. The van der Waals surface area contributed by atoms with Crippen molar-refractivity contribution >= 4 is 5.91 Å². The quantitative estimate of drug-likeness (QED) is 0.756. The number of nitrogens with two attached hydrogens (primary N) is 1. The van der Waals surface area contributed by atoms with Crippen molar-refractivity contribution in [3.8, 4) is 11.5 Å². The normalized spacial score (nSPS) is 29.8. The molecule has 6 heteroatoms. The molecule has 4 N–H and O–H groups in total. The fourth-order valence-electron chi connectivity index (χ4n) is 4.55. The van der Waals surface area contributed by atoms with Crippen molar-refractivity contribution in [1.82, 2.24) is 4.90 Å². The van der Waals surface area contributed by atoms with Crippen molar-refractivity contribution in [2.24, 2.45) is 11.7 Å². The van der Waals surface area contributed by atoms with Crippen LogP contribution in [-0.2, 0) is 4.79 Å². The van der Waals surface area contributed by atoms with Crippen LogP contribution in [0.4, 0.5) is 0 Å². The number of hydrogen-bond acceptors (Lipinski definition) is 5. The number of carbonyl (C=O) groups excluding carboxylic acids is 1. The minimum atomic E-state index is -0.694. The third-order valence-corrected chi connectivity index (χ3v) is 5.66. The molecular weight excluding hydrogens is 320 g/mol. The van der Waals surface area contributed by atoms with Crippen LogP contribution in [0, 0.1) is 5.92 Å². The Balaban J connectivity index is 1.99. The number of primary amides is 1. The number of aliphatic hydroxyl groups is 1. The molecule has 138 valence electrons. The van der Waals surface area contributed by atoms with Gasteiger partial charge in [-0.2, -0.15) is 0 Å². The number of phenolic OH excluding ortho intramolecular Hbond substituents is 1. The second-order valence-corrected chi connectivity index (χ2v) is 7.25. The Kier molecular flexibility index (Phi) is 5.20. The van der Waals surface area contributed by atoms with Gasteiger partial charge in [0.05, 0.1) is 18.8 Å². The third kappa shape index (κ3) is 3.60. The highest BCUT2D eigenvalue weighted by molar-refractivity contribution is 5.76. The first-order chi connectivity index (χ1) is 11.9. The van der Waals surface area contributed by atoms with Gasteiger partial charge in [0, 0.05) is 18.5 Å². The lowest BCUT2D eigenvalue weighted by Crippen LogP contribution is -2.56. The molecule has 1 saturated carbocycles. The van der Waals surface area contributed by atoms with Crippen molar-refractivity contribution in [2.75, 3.05) is 19.7 Å². The fraction of sp³-hybridized carbons (Fsp3) is 0.632. The predicted octanol–water partition coefficient (Wildman–Crippen LogP) is 1.94. The number of fused-ring (bicyclic) bond motifs is 1. The van der Waals surface area contributed by atoms with Crippen molar-refractivity contribution in [3.63, 3.8) is 0 Å². The number of ether oxygens (including phenoxy) is 1. The van der Waals surface area contributed by atoms with E-state index in [4.69, 9.17) is 10.5 Å². The lowest BCUT2D eigenvalue weighted by molar-refractivity contribution is -0.136. The second kappa shape index (κ2) is 7.22. The van der Waals surface area contributed by atoms with Crippen LogP contribution < -0.4 is 10.5 Å². The summed E-state index contributed by atoms with van der Waals surface area (Å²) in [6.45, 7) is 3.12. The summed E-state index contributed by atoms with van der Waals surface area (Å²) in [4.78, 5) is 13.6. The van der Waals surface area contributed by atoms with Gasteiger partial charge in [0.2, 0.25) is 5.91 Å². The first kappa shape index (κ1) is 18.0. The van der Waals surface area contributed by atoms with Crippen LogP contribution in [0.3, 0.4) is 0 Å². The topological polar surface area (TPSA) is 96.0 Å². The van der Waals surface area contributed by atoms with Crippen molar-refractivity contribution in [2.45, 2.75) is 50.7 Å². The van der Waals surface area contributed by atoms with Gasteiger partial charge < -0.3 is 20.7 Å². The van der Waals surface area contributed by atoms with Crippen LogP contribution in [-0.4, -0.2) is 46.3 Å². The number of benzene rings is 1. The molecule has 3 unspecified atom stereocenters. The van der Waals surface area contributed by atoms with Crippen LogP contribution in [0.1, 0.15) is 50.6 Å². The first-order valence-corrected chi connectivity index (χ1v) is 9.15. The zero-order chi connectivity index (χ0) is 18.0. The molecular formula is C19H28N2O4. The lowest BCUT2D eigenvalue weighted by Gasteiger charge is -2.52. The maximum Gasteiger partial charge on any atom is 0.231 e. The molecule has 1 aromatic carbocycles. The molecule has 0 spiro atoms. The summed E-state index contributed by atoms with van der Waals surface area (Å²) in [5.74, 6) is 0.217. The van der Waals surface area contributed by atoms with E-state index < -0.39 is 5.60 Å². The maximum absolute atomic E-state index is 11.6. The van der Waals surface area contributed by atoms with Gasteiger partial charge >= 0.3 is 0 Å². The van der Waals surface area contributed by atoms with Crippen LogP contribution in [0.5, 0.6) is 11.5 Å². The molecule has 2 fully saturated rings. The van der Waals surface area contributed by atoms with Gasteiger partial charge in [-0.25, -0.2) is 0 Å². The first-order valence-electron chi connectivity index (χ1n) is 9.15. The van der Waals surface area contributed by atoms with Crippen LogP contribution in [0.15, 0.2) is 18.2 Å². The molecule has 1 aliphatic heterocycles. The molecule has 3 atom stereocenters. The van der Waals surface area contributed by atoms with Crippen LogP contribution in [0.25, 0.3) is 0 Å². The number of hydrogen-bond donors (Lipinski definition) is 3. The monoisotopic (exact) mass is 348 g/mol. The Labute approximate surface area is 148 Å². The standard InChI is InChI=1S/C19H28N2O4/c1-2-25-16-11-13(6-7-15(16)22)18-14-5-3-4-8-19(14,24)9-10-21(18)12-17(20)23/h6-7,11,14,18,22,24H,2-5,8-10,12H2,1H3,(H2,20,23). The number of phenols is 1. The number of aromatic hydroxyl groups is 1. The van der Waals surface area contributed by atoms with E-state index in [0.29, 0.717) is 25.3 Å². The van der Waals surface area contributed by atoms with E-state index in [1.165, 1.54) is 0 Å². The Morgan fingerprint density at radius 3 is 2.92 bits per heavy atom. The molecule has 0 radical (unpaired) electrons. The predicted molar refractivity (Wildman–Crippen MR) is 94.3 cm³/mol. The van der Waals surface area contributed by atoms with E-state index >= 15 is 0 Å². The largest absolute Gasteiger partial charge is 0.504 e. The molecule has 1 amide bonds. The number of nitrogens with zero attached hydrogens (tertiary/aromatic N) is 1. The molecule has 1 aromatic rings. The van der Waals surface area contributed by atoms with Crippen molar-refractivity contribution in [3.05, 3.63) is 23.8 Å². The Morgan fingerprint density at radius 2 is 2.20 bits per heavy atom. The van der Waals surface area contributed by atoms with E-state index in [-0.39, 0.29) is 30.2 Å². The highest BCUT2D eigenvalue weighted by atomic mass is 16.5. The highest BCUT2D eigenvalue weighted by Gasteiger charge is 2.49. The van der Waals surface area contributed by atoms with Gasteiger partial charge in [0.25, 0.3) is 0 Å². The molecule has 3 rings (SSSR count). The van der Waals surface area contributed by atoms with Gasteiger partial charge in [-0.15, -0.1) is 0 Å². The number of amides is 1. The molecule has 1 heterocycles. The summed E-state index contributed by atoms with van der Waals surface area (Å²) in [5, 5.41) is 21.2. The molecule has 0 aromatic heterocycles. The van der Waals surface area contributed by atoms with E-state index in [1.807, 2.05) is 19.1 Å². The highest BCUT2D eigenvalue weighted by Crippen LogP contribution is 2.49. The van der Waals surface area contributed by atoms with E-state index in [9.17, 15) is 15.0 Å². The average molecular weight is 348 g/mol. The zero-order valence-electron chi connectivity index (χ0n) is 14.8. The summed E-state index contributed by atoms with van der Waals surface area (Å²) in [5.41, 5.74) is 5.72. The van der Waals surface area contributed by atoms with Crippen molar-refractivity contribution in [1.29, 1.82) is 0 Å². The number of likely N-dealkylation sites (tertiary alicyclic amines) is 1. The summed E-state index contributed by atoms with van der Waals surface area (Å²) in [6.07, 6.45) is 4.49. The molecule has 2 aliphatic rings. The van der Waals surface area contributed by atoms with Gasteiger partial charge in [-0.1, -0.05) is 18.9 Å². The lowest BCUT2D eigenvalue weighted by atomic mass is 9.66. The van der Waals surface area contributed by atoms with Crippen LogP contribution >= 0.6 is 0 Å². The molecule has 1 aliphatic carbocycles. The zero-order valence-corrected chi connectivity index (χ0v) is 14.8. The summed E-state index contributed by atoms with van der Waals surface area (Å²) >= 11 is 0. The number of piperidine rings is 1. The van der Waals surface area contributed by atoms with Gasteiger partial charge in [-0.3, -0.25) is 9.69 Å². The van der Waals surface area contributed by atoms with E-state index in [1.54, 1.807) is 6.07 Å². The molecule has 6 nitrogen and oxygen atoms in total. The van der Waals surface area contributed by atoms with Gasteiger partial charge in [-0.05, 0) is 43.9 Å². The summed E-state index contributed by atoms with van der Waals surface area (Å²) in [6, 6.07) is 5.21. The number of rotatable bonds is 5. The Hall–Kier alpha value is -1.79. The van der Waals surface area contributed by atoms with Gasteiger partial charge in [0.15, 0.2) is 11.5 Å². The molecule has 25 heavy (non-hydrogen) atoms. The minimum Gasteiger partial charge on any atom is -0.504 e. The Morgan fingerprint density at radius 1 is 1.40 bits per heavy atom. The van der Waals surface area contributed by atoms with Crippen LogP contribution in [0.2, 0.25) is 0 Å². The second-order valence-electron chi connectivity index (χ2n) is 7.25. The average Bonchev–Trinajstić information content (AvgIpc) is 2.57. The third-order valence-electron chi connectivity index (χ3n) is 5.66. The minimum absolute atomic E-state index is 0.0494. The van der Waals surface area contributed by atoms with Gasteiger partial charge in [0.1, 0.15) is 0 Å². The number of carbonyl (C=O) groups is 1. The summed E-state index contributed by atoms with van der Waals surface area (Å²) < 4.78 is 5.52. The maximum atomic E-state index is 11.6. The molecule has 0 bridgehead atoms.